The SMILES string of the molecule is O=C(O)C1CN(CC2CC2)CC12CCOCC2. The molecule has 2 saturated heterocycles. The molecule has 0 amide bonds. The molecule has 3 aliphatic rings. The van der Waals surface area contributed by atoms with Gasteiger partial charge in [0.25, 0.3) is 0 Å². The van der Waals surface area contributed by atoms with Crippen LogP contribution in [0, 0.1) is 17.3 Å². The monoisotopic (exact) mass is 239 g/mol. The third-order valence-electron chi connectivity index (χ3n) is 4.72. The number of nitrogens with zero attached hydrogens (tertiary/aromatic N) is 1. The third kappa shape index (κ3) is 2.20. The quantitative estimate of drug-likeness (QED) is 0.804. The zero-order valence-corrected chi connectivity index (χ0v) is 10.2. The lowest BCUT2D eigenvalue weighted by Gasteiger charge is -2.36. The Bertz CT molecular complexity index is 308. The summed E-state index contributed by atoms with van der Waals surface area (Å²) in [6.07, 6.45) is 4.52. The van der Waals surface area contributed by atoms with Gasteiger partial charge in [-0.1, -0.05) is 0 Å². The first-order chi connectivity index (χ1) is 8.20. The average Bonchev–Trinajstić information content (AvgIpc) is 3.03. The molecule has 0 radical (unpaired) electrons. The lowest BCUT2D eigenvalue weighted by atomic mass is 9.72. The van der Waals surface area contributed by atoms with Crippen molar-refractivity contribution >= 4 is 5.97 Å². The molecule has 96 valence electrons. The summed E-state index contributed by atoms with van der Waals surface area (Å²) in [5.74, 6) is 0.0646. The molecule has 1 saturated carbocycles. The van der Waals surface area contributed by atoms with Gasteiger partial charge in [0.05, 0.1) is 5.92 Å². The maximum Gasteiger partial charge on any atom is 0.308 e. The van der Waals surface area contributed by atoms with Crippen molar-refractivity contribution in [2.45, 2.75) is 25.7 Å². The molecule has 0 aromatic rings. The molecule has 1 atom stereocenters. The molecule has 2 aliphatic heterocycles. The zero-order valence-electron chi connectivity index (χ0n) is 10.2. The molecule has 1 N–H and O–H groups in total. The van der Waals surface area contributed by atoms with Gasteiger partial charge >= 0.3 is 5.97 Å². The largest absolute Gasteiger partial charge is 0.481 e. The van der Waals surface area contributed by atoms with Crippen LogP contribution in [0.2, 0.25) is 0 Å². The average molecular weight is 239 g/mol. The van der Waals surface area contributed by atoms with Gasteiger partial charge in [-0.05, 0) is 31.6 Å². The summed E-state index contributed by atoms with van der Waals surface area (Å²) < 4.78 is 5.40. The molecule has 4 nitrogen and oxygen atoms in total. The minimum Gasteiger partial charge on any atom is -0.481 e. The van der Waals surface area contributed by atoms with Gasteiger partial charge in [0, 0.05) is 38.3 Å². The van der Waals surface area contributed by atoms with Crippen LogP contribution in [0.3, 0.4) is 0 Å². The van der Waals surface area contributed by atoms with Crippen molar-refractivity contribution in [1.29, 1.82) is 0 Å². The second-order valence-corrected chi connectivity index (χ2v) is 6.00. The summed E-state index contributed by atoms with van der Waals surface area (Å²) in [7, 11) is 0. The first-order valence-electron chi connectivity index (χ1n) is 6.72. The molecule has 3 fully saturated rings. The number of ether oxygens (including phenoxy) is 1. The van der Waals surface area contributed by atoms with Crippen LogP contribution in [-0.2, 0) is 9.53 Å². The van der Waals surface area contributed by atoms with E-state index in [1.165, 1.54) is 12.8 Å². The Morgan fingerprint density at radius 1 is 1.35 bits per heavy atom. The highest BCUT2D eigenvalue weighted by molar-refractivity contribution is 5.72. The van der Waals surface area contributed by atoms with Crippen molar-refractivity contribution < 1.29 is 14.6 Å². The van der Waals surface area contributed by atoms with E-state index in [1.807, 2.05) is 0 Å². The summed E-state index contributed by atoms with van der Waals surface area (Å²) >= 11 is 0. The van der Waals surface area contributed by atoms with Crippen LogP contribution in [0.4, 0.5) is 0 Å². The Morgan fingerprint density at radius 2 is 2.06 bits per heavy atom. The van der Waals surface area contributed by atoms with E-state index in [1.54, 1.807) is 0 Å². The van der Waals surface area contributed by atoms with E-state index in [2.05, 4.69) is 4.90 Å². The van der Waals surface area contributed by atoms with Crippen LogP contribution in [0.1, 0.15) is 25.7 Å². The Kier molecular flexibility index (Phi) is 2.87. The Hall–Kier alpha value is -0.610. The fourth-order valence-electron chi connectivity index (χ4n) is 3.50. The normalized spacial score (nSPS) is 33.1. The Balaban J connectivity index is 1.72. The van der Waals surface area contributed by atoms with Crippen molar-refractivity contribution in [3.8, 4) is 0 Å². The molecule has 1 spiro atoms. The van der Waals surface area contributed by atoms with E-state index in [-0.39, 0.29) is 11.3 Å². The maximum absolute atomic E-state index is 11.5. The fraction of sp³-hybridized carbons (Fsp3) is 0.923. The predicted molar refractivity (Wildman–Crippen MR) is 62.8 cm³/mol. The minimum atomic E-state index is -0.606. The number of carboxylic acids is 1. The second kappa shape index (κ2) is 4.25. The summed E-state index contributed by atoms with van der Waals surface area (Å²) in [6.45, 7) is 4.32. The standard InChI is InChI=1S/C13H21NO3/c15-12(16)11-8-14(7-10-1-2-10)9-13(11)3-5-17-6-4-13/h10-11H,1-9H2,(H,15,16). The molecule has 0 aromatic heterocycles. The summed E-state index contributed by atoms with van der Waals surface area (Å²) in [6, 6.07) is 0. The van der Waals surface area contributed by atoms with Crippen molar-refractivity contribution in [2.75, 3.05) is 32.8 Å². The van der Waals surface area contributed by atoms with E-state index in [0.29, 0.717) is 0 Å². The van der Waals surface area contributed by atoms with E-state index in [9.17, 15) is 9.90 Å². The number of aliphatic carboxylic acids is 1. The lowest BCUT2D eigenvalue weighted by Crippen LogP contribution is -2.40. The number of hydrogen-bond acceptors (Lipinski definition) is 3. The topological polar surface area (TPSA) is 49.8 Å². The van der Waals surface area contributed by atoms with E-state index < -0.39 is 5.97 Å². The lowest BCUT2D eigenvalue weighted by molar-refractivity contribution is -0.146. The van der Waals surface area contributed by atoms with E-state index in [0.717, 1.165) is 51.6 Å². The van der Waals surface area contributed by atoms with Gasteiger partial charge in [0.1, 0.15) is 0 Å². The molecule has 17 heavy (non-hydrogen) atoms. The Labute approximate surface area is 102 Å². The number of carboxylic acid groups (broad SMARTS) is 1. The number of rotatable bonds is 3. The fourth-order valence-corrected chi connectivity index (χ4v) is 3.50. The summed E-state index contributed by atoms with van der Waals surface area (Å²) in [5, 5.41) is 9.43. The van der Waals surface area contributed by atoms with Crippen LogP contribution in [-0.4, -0.2) is 48.8 Å². The van der Waals surface area contributed by atoms with Gasteiger partial charge in [0.15, 0.2) is 0 Å². The molecule has 4 heteroatoms. The van der Waals surface area contributed by atoms with Gasteiger partial charge in [-0.2, -0.15) is 0 Å². The van der Waals surface area contributed by atoms with Crippen LogP contribution in [0.15, 0.2) is 0 Å². The maximum atomic E-state index is 11.5. The van der Waals surface area contributed by atoms with Crippen molar-refractivity contribution in [3.63, 3.8) is 0 Å². The molecule has 1 unspecified atom stereocenters. The minimum absolute atomic E-state index is 0.00102. The highest BCUT2D eigenvalue weighted by Crippen LogP contribution is 2.45. The highest BCUT2D eigenvalue weighted by atomic mass is 16.5. The molecule has 3 rings (SSSR count). The van der Waals surface area contributed by atoms with Crippen LogP contribution in [0.25, 0.3) is 0 Å². The van der Waals surface area contributed by atoms with Gasteiger partial charge < -0.3 is 14.7 Å². The molecule has 0 aromatic carbocycles. The summed E-state index contributed by atoms with van der Waals surface area (Å²) in [5.41, 5.74) is -0.00102. The number of carbonyl (C=O) groups is 1. The number of likely N-dealkylation sites (tertiary alicyclic amines) is 1. The van der Waals surface area contributed by atoms with Crippen molar-refractivity contribution in [3.05, 3.63) is 0 Å². The van der Waals surface area contributed by atoms with Crippen molar-refractivity contribution in [2.24, 2.45) is 17.3 Å². The molecular formula is C13H21NO3. The third-order valence-corrected chi connectivity index (χ3v) is 4.72. The highest BCUT2D eigenvalue weighted by Gasteiger charge is 2.51. The van der Waals surface area contributed by atoms with Crippen molar-refractivity contribution in [1.82, 2.24) is 4.90 Å². The van der Waals surface area contributed by atoms with Crippen LogP contribution < -0.4 is 0 Å². The predicted octanol–water partition coefficient (Wildman–Crippen LogP) is 1.21. The van der Waals surface area contributed by atoms with Gasteiger partial charge in [-0.3, -0.25) is 4.79 Å². The van der Waals surface area contributed by atoms with E-state index >= 15 is 0 Å². The van der Waals surface area contributed by atoms with Gasteiger partial charge in [-0.25, -0.2) is 0 Å². The zero-order chi connectivity index (χ0) is 11.9. The first-order valence-corrected chi connectivity index (χ1v) is 6.72. The van der Waals surface area contributed by atoms with Gasteiger partial charge in [-0.15, -0.1) is 0 Å². The molecule has 0 bridgehead atoms. The van der Waals surface area contributed by atoms with Crippen LogP contribution in [0.5, 0.6) is 0 Å². The second-order valence-electron chi connectivity index (χ2n) is 6.00. The van der Waals surface area contributed by atoms with E-state index in [4.69, 9.17) is 4.74 Å². The summed E-state index contributed by atoms with van der Waals surface area (Å²) in [4.78, 5) is 13.8. The molecular weight excluding hydrogens is 218 g/mol. The Morgan fingerprint density at radius 3 is 2.65 bits per heavy atom. The van der Waals surface area contributed by atoms with Gasteiger partial charge in [0.2, 0.25) is 0 Å². The number of hydrogen-bond donors (Lipinski definition) is 1. The molecule has 2 heterocycles. The molecule has 1 aliphatic carbocycles. The smallest absolute Gasteiger partial charge is 0.308 e. The van der Waals surface area contributed by atoms with Crippen LogP contribution >= 0.6 is 0 Å². The first kappa shape index (κ1) is 11.5.